The fourth-order valence-corrected chi connectivity index (χ4v) is 6.08. The summed E-state index contributed by atoms with van der Waals surface area (Å²) in [6.45, 7) is 0.301. The maximum Gasteiger partial charge on any atom is 0.460 e. The molecule has 1 fully saturated rings. The molecule has 0 N–H and O–H groups in total. The molecule has 1 aliphatic rings. The van der Waals surface area contributed by atoms with Crippen LogP contribution in [-0.4, -0.2) is 61.7 Å². The molecule has 2 aromatic rings. The minimum absolute atomic E-state index is 0.301. The van der Waals surface area contributed by atoms with E-state index in [0.29, 0.717) is 17.7 Å². The fourth-order valence-electron chi connectivity index (χ4n) is 3.14. The van der Waals surface area contributed by atoms with Crippen LogP contribution in [0.15, 0.2) is 41.3 Å². The molecule has 3 rings (SSSR count). The van der Waals surface area contributed by atoms with Crippen LogP contribution in [0.1, 0.15) is 12.8 Å². The summed E-state index contributed by atoms with van der Waals surface area (Å²) in [5, 5.41) is -4.56. The molecule has 2 aromatic carbocycles. The smallest absolute Gasteiger partial charge is 0.460 e. The first-order valence-corrected chi connectivity index (χ1v) is 12.8. The van der Waals surface area contributed by atoms with Crippen molar-refractivity contribution in [2.75, 3.05) is 25.4 Å². The van der Waals surface area contributed by atoms with Gasteiger partial charge in [0.15, 0.2) is 21.8 Å². The molecule has 1 aliphatic heterocycles. The van der Waals surface area contributed by atoms with E-state index >= 15 is 0 Å². The molecule has 204 valence electrons. The molecule has 0 amide bonds. The molecule has 0 aliphatic carbocycles. The third-order valence-corrected chi connectivity index (χ3v) is 8.37. The van der Waals surface area contributed by atoms with Gasteiger partial charge in [0, 0.05) is 28.8 Å². The lowest BCUT2D eigenvalue weighted by Gasteiger charge is -2.34. The summed E-state index contributed by atoms with van der Waals surface area (Å²) >= 11 is 0. The van der Waals surface area contributed by atoms with E-state index in [1.54, 1.807) is 7.11 Å². The first-order chi connectivity index (χ1) is 16.4. The van der Waals surface area contributed by atoms with Gasteiger partial charge in [0.25, 0.3) is 0 Å². The molecule has 0 saturated carbocycles. The zero-order valence-corrected chi connectivity index (χ0v) is 19.9. The first kappa shape index (κ1) is 30.3. The van der Waals surface area contributed by atoms with Crippen LogP contribution in [0.2, 0.25) is 0 Å². The minimum Gasteiger partial charge on any atom is -0.743 e. The van der Waals surface area contributed by atoms with E-state index in [0.717, 1.165) is 5.75 Å². The second-order valence-corrected chi connectivity index (χ2v) is 11.0. The molecule has 0 radical (unpaired) electrons. The molecule has 0 unspecified atom stereocenters. The number of methoxy groups -OCH3 is 1. The Balaban J connectivity index is 0.000000256. The molecular weight excluding hydrogens is 555 g/mol. The zero-order valence-electron chi connectivity index (χ0n) is 18.3. The Labute approximate surface area is 202 Å². The van der Waals surface area contributed by atoms with Crippen LogP contribution in [0, 0.1) is 0 Å². The molecule has 1 heterocycles. The van der Waals surface area contributed by atoms with Crippen LogP contribution in [0.25, 0.3) is 10.8 Å². The van der Waals surface area contributed by atoms with Gasteiger partial charge in [-0.1, -0.05) is 18.2 Å². The van der Waals surface area contributed by atoms with Gasteiger partial charge in [-0.25, -0.2) is 8.42 Å². The molecule has 36 heavy (non-hydrogen) atoms. The van der Waals surface area contributed by atoms with Crippen molar-refractivity contribution in [2.24, 2.45) is 0 Å². The van der Waals surface area contributed by atoms with Crippen LogP contribution >= 0.6 is 0 Å². The van der Waals surface area contributed by atoms with Crippen LogP contribution in [0.5, 0.6) is 5.75 Å². The summed E-state index contributed by atoms with van der Waals surface area (Å²) in [7, 11) is -5.33. The normalized spacial score (nSPS) is 16.1. The van der Waals surface area contributed by atoms with Gasteiger partial charge < -0.3 is 14.0 Å². The number of benzene rings is 2. The topological polar surface area (TPSA) is 75.7 Å². The number of fused-ring (bicyclic) bond motifs is 1. The average Bonchev–Trinajstić information content (AvgIpc) is 3.30. The zero-order chi connectivity index (χ0) is 27.6. The van der Waals surface area contributed by atoms with Gasteiger partial charge in [0.05, 0.1) is 0 Å². The summed E-state index contributed by atoms with van der Waals surface area (Å²) < 4.78 is 146. The van der Waals surface area contributed by atoms with Gasteiger partial charge in [-0.3, -0.25) is 0 Å². The van der Waals surface area contributed by atoms with Crippen LogP contribution in [0.3, 0.4) is 0 Å². The van der Waals surface area contributed by atoms with Crippen LogP contribution in [-0.2, 0) is 25.7 Å². The van der Waals surface area contributed by atoms with E-state index in [1.807, 2.05) is 0 Å². The van der Waals surface area contributed by atoms with Gasteiger partial charge in [-0.05, 0) is 31.0 Å². The van der Waals surface area contributed by atoms with Crippen molar-refractivity contribution in [3.05, 3.63) is 36.4 Å². The molecule has 1 saturated heterocycles. The van der Waals surface area contributed by atoms with Gasteiger partial charge in [0.2, 0.25) is 0 Å². The number of halogens is 9. The lowest BCUT2D eigenvalue weighted by Crippen LogP contribution is -2.63. The van der Waals surface area contributed by atoms with E-state index in [9.17, 15) is 52.5 Å². The Morgan fingerprint density at radius 2 is 1.39 bits per heavy atom. The molecular formula is C20H19F9O5S2. The SMILES string of the molecule is COCOc1ccc([S+]2CCCC2)c2ccccc12.O=S(=O)([O-])C(F)(F)C(F)(F)C(F)(F)C(F)(F)F. The van der Waals surface area contributed by atoms with E-state index in [-0.39, 0.29) is 0 Å². The predicted octanol–water partition coefficient (Wildman–Crippen LogP) is 5.55. The Morgan fingerprint density at radius 1 is 0.861 bits per heavy atom. The lowest BCUT2D eigenvalue weighted by molar-refractivity contribution is -0.382. The predicted molar refractivity (Wildman–Crippen MR) is 112 cm³/mol. The highest BCUT2D eigenvalue weighted by Gasteiger charge is 2.83. The number of hydrogen-bond acceptors (Lipinski definition) is 5. The maximum absolute atomic E-state index is 12.2. The molecule has 5 nitrogen and oxygen atoms in total. The second-order valence-electron chi connectivity index (χ2n) is 7.38. The summed E-state index contributed by atoms with van der Waals surface area (Å²) in [5.41, 5.74) is 0. The standard InChI is InChI=1S/C16H19O2S.C4HF9O3S/c1-17-12-18-15-8-9-16(19-10-4-5-11-19)14-7-3-2-6-13(14)15;5-1(6,3(9,10)11)2(7,8)4(12,13)17(14,15)16/h2-3,6-9H,4-5,10-12H2,1H3;(H,14,15,16)/q+1;/p-1. The largest absolute Gasteiger partial charge is 0.743 e. The Hall–Kier alpha value is -1.91. The molecule has 0 aromatic heterocycles. The Morgan fingerprint density at radius 3 is 1.86 bits per heavy atom. The third-order valence-electron chi connectivity index (χ3n) is 4.95. The van der Waals surface area contributed by atoms with Gasteiger partial charge in [-0.2, -0.15) is 39.5 Å². The molecule has 0 spiro atoms. The van der Waals surface area contributed by atoms with Crippen molar-refractivity contribution in [1.29, 1.82) is 0 Å². The third kappa shape index (κ3) is 5.81. The van der Waals surface area contributed by atoms with Crippen molar-refractivity contribution in [3.8, 4) is 5.75 Å². The summed E-state index contributed by atoms with van der Waals surface area (Å²) in [6, 6.07) is 12.9. The lowest BCUT2D eigenvalue weighted by atomic mass is 10.1. The van der Waals surface area contributed by atoms with E-state index in [2.05, 4.69) is 36.4 Å². The molecule has 0 atom stereocenters. The second kappa shape index (κ2) is 10.8. The first-order valence-electron chi connectivity index (χ1n) is 9.86. The van der Waals surface area contributed by atoms with Crippen LogP contribution < -0.4 is 4.74 Å². The Bertz CT molecular complexity index is 1150. The highest BCUT2D eigenvalue weighted by atomic mass is 32.2. The highest BCUT2D eigenvalue weighted by molar-refractivity contribution is 7.97. The van der Waals surface area contributed by atoms with E-state index < -0.39 is 33.4 Å². The molecule has 0 bridgehead atoms. The van der Waals surface area contributed by atoms with Gasteiger partial charge in [-0.15, -0.1) is 0 Å². The number of ether oxygens (including phenoxy) is 2. The Kier molecular flexibility index (Phi) is 9.12. The van der Waals surface area contributed by atoms with E-state index in [4.69, 9.17) is 9.47 Å². The quantitative estimate of drug-likeness (QED) is 0.188. The van der Waals surface area contributed by atoms with Crippen molar-refractivity contribution in [2.45, 2.75) is 41.0 Å². The molecule has 16 heteroatoms. The van der Waals surface area contributed by atoms with Crippen LogP contribution in [0.4, 0.5) is 39.5 Å². The van der Waals surface area contributed by atoms with Gasteiger partial charge in [0.1, 0.15) is 17.3 Å². The van der Waals surface area contributed by atoms with Crippen molar-refractivity contribution >= 4 is 31.8 Å². The van der Waals surface area contributed by atoms with Gasteiger partial charge >= 0.3 is 23.3 Å². The number of alkyl halides is 9. The summed E-state index contributed by atoms with van der Waals surface area (Å²) in [6.07, 6.45) is -4.41. The average molecular weight is 574 g/mol. The monoisotopic (exact) mass is 574 g/mol. The number of rotatable bonds is 7. The van der Waals surface area contributed by atoms with Crippen molar-refractivity contribution in [1.82, 2.24) is 0 Å². The fraction of sp³-hybridized carbons (Fsp3) is 0.500. The summed E-state index contributed by atoms with van der Waals surface area (Å²) in [4.78, 5) is 1.51. The summed E-state index contributed by atoms with van der Waals surface area (Å²) in [5.74, 6) is -11.2. The number of hydrogen-bond donors (Lipinski definition) is 0. The van der Waals surface area contributed by atoms with Crippen molar-refractivity contribution in [3.63, 3.8) is 0 Å². The minimum atomic E-state index is -7.43. The maximum atomic E-state index is 12.2. The van der Waals surface area contributed by atoms with Crippen molar-refractivity contribution < 1.29 is 62.0 Å². The van der Waals surface area contributed by atoms with E-state index in [1.165, 1.54) is 40.0 Å². The highest BCUT2D eigenvalue weighted by Crippen LogP contribution is 2.54.